The summed E-state index contributed by atoms with van der Waals surface area (Å²) in [6.45, 7) is -4.44. The minimum atomic E-state index is -2.44. The smallest absolute Gasteiger partial charge is 0.217 e. The van der Waals surface area contributed by atoms with Crippen molar-refractivity contribution in [3.05, 3.63) is 0 Å². The zero-order valence-electron chi connectivity index (χ0n) is 58.0. The number of aliphatic hydroxyl groups is 25. The lowest BCUT2D eigenvalue weighted by Gasteiger charge is -2.52. The molecule has 3 amide bonds. The van der Waals surface area contributed by atoms with Crippen molar-refractivity contribution in [2.24, 2.45) is 0 Å². The van der Waals surface area contributed by atoms with Crippen molar-refractivity contribution >= 4 is 17.7 Å². The van der Waals surface area contributed by atoms with Crippen molar-refractivity contribution < 1.29 is 223 Å². The molecule has 28 N–H and O–H groups in total. The van der Waals surface area contributed by atoms with Crippen LogP contribution in [0.1, 0.15) is 27.7 Å². The molecule has 0 aliphatic carbocycles. The van der Waals surface area contributed by atoms with Gasteiger partial charge < -0.3 is 224 Å². The van der Waals surface area contributed by atoms with Gasteiger partial charge in [-0.05, 0) is 6.92 Å². The van der Waals surface area contributed by atoms with Gasteiger partial charge in [0.05, 0.1) is 59.0 Å². The Morgan fingerprint density at radius 1 is 0.259 bits per heavy atom. The Morgan fingerprint density at radius 2 is 0.556 bits per heavy atom. The number of hydrogen-bond acceptors (Lipinski definition) is 45. The van der Waals surface area contributed by atoms with Gasteiger partial charge in [0, 0.05) is 20.8 Å². The molecule has 9 aliphatic rings. The predicted molar refractivity (Wildman–Crippen MR) is 330 cm³/mol. The van der Waals surface area contributed by atoms with Crippen LogP contribution >= 0.6 is 0 Å². The molecule has 9 saturated heterocycles. The zero-order valence-corrected chi connectivity index (χ0v) is 58.0. The van der Waals surface area contributed by atoms with Crippen molar-refractivity contribution in [1.29, 1.82) is 0 Å². The first-order valence-corrected chi connectivity index (χ1v) is 34.5. The number of aliphatic hydroxyl groups excluding tert-OH is 25. The number of ether oxygens (including phenoxy) is 17. The van der Waals surface area contributed by atoms with Crippen LogP contribution in [0.15, 0.2) is 0 Å². The molecule has 9 rings (SSSR count). The van der Waals surface area contributed by atoms with Crippen LogP contribution in [0.3, 0.4) is 0 Å². The summed E-state index contributed by atoms with van der Waals surface area (Å²) in [4.78, 5) is 39.1. The van der Waals surface area contributed by atoms with E-state index in [1.807, 2.05) is 0 Å². The highest BCUT2D eigenvalue weighted by Crippen LogP contribution is 2.40. The van der Waals surface area contributed by atoms with E-state index >= 15 is 0 Å². The number of amides is 3. The predicted octanol–water partition coefficient (Wildman–Crippen LogP) is -19.2. The summed E-state index contributed by atoms with van der Waals surface area (Å²) in [7, 11) is 0. The van der Waals surface area contributed by atoms with E-state index < -0.39 is 347 Å². The molecule has 0 aromatic carbocycles. The van der Waals surface area contributed by atoms with E-state index in [-0.39, 0.29) is 0 Å². The van der Waals surface area contributed by atoms with Crippen molar-refractivity contribution in [1.82, 2.24) is 16.0 Å². The topological polar surface area (TPSA) is 750 Å². The molecule has 108 heavy (non-hydrogen) atoms. The maximum absolute atomic E-state index is 13.4. The Kier molecular flexibility index (Phi) is 31.6. The average molecular weight is 1580 g/mol. The minimum absolute atomic E-state index is 0.880. The second-order valence-corrected chi connectivity index (χ2v) is 27.4. The molecule has 48 nitrogen and oxygen atoms in total. The Bertz CT molecular complexity index is 2820. The van der Waals surface area contributed by atoms with Gasteiger partial charge in [-0.1, -0.05) is 0 Å². The van der Waals surface area contributed by atoms with Gasteiger partial charge in [-0.3, -0.25) is 14.4 Å². The molecule has 9 fully saturated rings. The van der Waals surface area contributed by atoms with Gasteiger partial charge in [-0.25, -0.2) is 0 Å². The summed E-state index contributed by atoms with van der Waals surface area (Å²) >= 11 is 0. The molecule has 0 radical (unpaired) electrons. The fourth-order valence-corrected chi connectivity index (χ4v) is 14.0. The Hall–Kier alpha value is -3.27. The van der Waals surface area contributed by atoms with E-state index in [2.05, 4.69) is 16.0 Å². The fraction of sp³-hybridized carbons (Fsp3) is 0.950. The number of rotatable bonds is 27. The van der Waals surface area contributed by atoms with E-state index in [4.69, 9.17) is 80.5 Å². The zero-order chi connectivity index (χ0) is 79.5. The van der Waals surface area contributed by atoms with E-state index in [0.29, 0.717) is 0 Å². The van der Waals surface area contributed by atoms with Crippen LogP contribution in [0.4, 0.5) is 0 Å². The van der Waals surface area contributed by atoms with E-state index in [1.165, 1.54) is 6.92 Å². The second kappa shape index (κ2) is 38.5. The van der Waals surface area contributed by atoms with Gasteiger partial charge in [-0.2, -0.15) is 0 Å². The summed E-state index contributed by atoms with van der Waals surface area (Å²) in [6, 6.07) is -5.70. The van der Waals surface area contributed by atoms with Crippen LogP contribution < -0.4 is 16.0 Å². The molecular weight excluding hydrogens is 1480 g/mol. The van der Waals surface area contributed by atoms with Gasteiger partial charge in [0.15, 0.2) is 56.6 Å². The first-order valence-electron chi connectivity index (χ1n) is 34.5. The molecule has 9 aliphatic heterocycles. The standard InChI is InChI=1S/C60H101N3O45/c1-13-28(74)35(81)40(86)56(93-13)106-49-27(63-16(4)73)55(100-23(11-70)48(49)105-58-42(88)37(83)30(76)18(6-65)96-58)108-51-32(78)24(101-60(44(51)90)104-47-20(8-67)94-52(91)39(85)38(47)84)12-92-53-25(61-14(2)71)33(79)45(21(9-68)98-53)103-59-43(89)50(31(77)19(7-66)97-59)107-54-26(62-15(3)72)34(80)46(22(10-69)99-54)102-57-41(87)36(82)29(75)17(5-64)95-57/h13,17-60,64-70,74-91H,5-12H2,1-4H3,(H,61,71)(H,62,72)(H,63,73)/t13-,17+,18+,19+,20+,21+,22+,23+,24+,25+,26+,27+,28+,29-,30-,31-,32-,33+,34+,35+,36-,37+,38+,39+,40-,41+,42+,43+,44+,45+,46+,47+,48+,49+,50-,51-,52?,53+,54-,55-,56-,57-,58-,59-,60-/m0/s1. The lowest BCUT2D eigenvalue weighted by molar-refractivity contribution is -0.393. The van der Waals surface area contributed by atoms with Crippen LogP contribution in [0.2, 0.25) is 0 Å². The third-order valence-electron chi connectivity index (χ3n) is 19.9. The van der Waals surface area contributed by atoms with Crippen LogP contribution in [-0.4, -0.2) is 474 Å². The summed E-state index contributed by atoms with van der Waals surface area (Å²) in [5, 5.41) is 281. The first-order chi connectivity index (χ1) is 51.1. The lowest BCUT2D eigenvalue weighted by atomic mass is 9.93. The van der Waals surface area contributed by atoms with Crippen molar-refractivity contribution in [2.75, 3.05) is 52.9 Å². The van der Waals surface area contributed by atoms with Crippen LogP contribution in [0.5, 0.6) is 0 Å². The van der Waals surface area contributed by atoms with Crippen molar-refractivity contribution in [2.45, 2.75) is 304 Å². The monoisotopic (exact) mass is 1580 g/mol. The lowest BCUT2D eigenvalue weighted by Crippen LogP contribution is -2.71. The maximum atomic E-state index is 13.4. The molecule has 9 heterocycles. The maximum Gasteiger partial charge on any atom is 0.217 e. The van der Waals surface area contributed by atoms with E-state index in [9.17, 15) is 142 Å². The SMILES string of the molecule is CC(=O)N[C@H]1[C@H](O[C@H]2[C@@H](O)[C@@H](CO)O[C@@H](O[C@H]3[C@H](O)[C@@H](NC(C)=O)[C@H](OC[C@H]4O[C@@H](O[C@H]5[C@H](O)[C@@H](O)C(O)O[C@@H]5CO)[C@H](O)[C@@H](O[C@@H]5O[C@H](CO)[C@@H](O[C@@H]6O[C@H](CO)[C@H](O)[C@@H](O)[C@H]6O)[C@H](O[C@@H]6O[C@@H](C)[C@@H](O)[C@@H](O)[C@@H]6O)[C@H]5NC(C)=O)[C@H]4O)O[C@@H]3CO)[C@@H]2O)O[C@H](CO)[C@@H](O[C@@H]2O[C@H](CO)[C@H](O)[C@H](O)[C@H]2O)[C@@H]1O. The van der Waals surface area contributed by atoms with Crippen LogP contribution in [0, 0.1) is 0 Å². The molecule has 45 atom stereocenters. The van der Waals surface area contributed by atoms with Crippen molar-refractivity contribution in [3.8, 4) is 0 Å². The normalized spacial score (nSPS) is 50.4. The molecule has 0 bridgehead atoms. The summed E-state index contributed by atoms with van der Waals surface area (Å²) in [6.07, 6.45) is -84.7. The summed E-state index contributed by atoms with van der Waals surface area (Å²) < 4.78 is 100. The molecular formula is C60H101N3O45. The fourth-order valence-electron chi connectivity index (χ4n) is 14.0. The van der Waals surface area contributed by atoms with Gasteiger partial charge in [0.25, 0.3) is 0 Å². The summed E-state index contributed by atoms with van der Waals surface area (Å²) in [5.74, 6) is -2.80. The Labute approximate surface area is 611 Å². The second-order valence-electron chi connectivity index (χ2n) is 27.4. The third kappa shape index (κ3) is 19.1. The highest BCUT2D eigenvalue weighted by Gasteiger charge is 2.61. The molecule has 0 saturated carbocycles. The average Bonchev–Trinajstić information content (AvgIpc) is 0.758. The quantitative estimate of drug-likeness (QED) is 0.0363. The van der Waals surface area contributed by atoms with E-state index in [1.54, 1.807) is 0 Å². The molecule has 0 aromatic heterocycles. The molecule has 0 spiro atoms. The van der Waals surface area contributed by atoms with Gasteiger partial charge in [0.2, 0.25) is 17.7 Å². The minimum Gasteiger partial charge on any atom is -0.394 e. The first kappa shape index (κ1) is 88.7. The van der Waals surface area contributed by atoms with Crippen LogP contribution in [-0.2, 0) is 94.9 Å². The van der Waals surface area contributed by atoms with Crippen molar-refractivity contribution in [3.63, 3.8) is 0 Å². The largest absolute Gasteiger partial charge is 0.394 e. The molecule has 0 aromatic rings. The Balaban J connectivity index is 0.984. The van der Waals surface area contributed by atoms with E-state index in [0.717, 1.165) is 20.8 Å². The van der Waals surface area contributed by atoms with Crippen LogP contribution in [0.25, 0.3) is 0 Å². The highest BCUT2D eigenvalue weighted by molar-refractivity contribution is 5.74. The van der Waals surface area contributed by atoms with Gasteiger partial charge in [-0.15, -0.1) is 0 Å². The third-order valence-corrected chi connectivity index (χ3v) is 19.9. The number of hydrogen-bond donors (Lipinski definition) is 28. The van der Waals surface area contributed by atoms with Gasteiger partial charge in [0.1, 0.15) is 213 Å². The summed E-state index contributed by atoms with van der Waals surface area (Å²) in [5.41, 5.74) is 0. The number of carbonyl (C=O) groups excluding carboxylic acids is 3. The highest BCUT2D eigenvalue weighted by atomic mass is 16.8. The molecule has 626 valence electrons. The van der Waals surface area contributed by atoms with Gasteiger partial charge >= 0.3 is 0 Å². The molecule has 48 heteroatoms. The number of nitrogens with one attached hydrogen (secondary N) is 3. The Morgan fingerprint density at radius 3 is 0.991 bits per heavy atom. The molecule has 1 unspecified atom stereocenters. The number of carbonyl (C=O) groups is 3.